The van der Waals surface area contributed by atoms with Crippen molar-refractivity contribution in [1.29, 1.82) is 0 Å². The minimum atomic E-state index is -2.67. The van der Waals surface area contributed by atoms with Gasteiger partial charge >= 0.3 is 6.09 Å². The molecule has 0 spiro atoms. The predicted molar refractivity (Wildman–Crippen MR) is 75.2 cm³/mol. The van der Waals surface area contributed by atoms with Crippen LogP contribution in [0, 0.1) is 5.92 Å². The predicted octanol–water partition coefficient (Wildman–Crippen LogP) is 2.33. The Hall–Kier alpha value is -1.44. The smallest absolute Gasteiger partial charge is 0.408 e. The summed E-state index contributed by atoms with van der Waals surface area (Å²) < 4.78 is 30.9. The number of halogens is 2. The molecule has 0 saturated heterocycles. The maximum Gasteiger partial charge on any atom is 0.408 e. The quantitative estimate of drug-likeness (QED) is 0.789. The topological polar surface area (TPSA) is 67.9 Å². The van der Waals surface area contributed by atoms with Gasteiger partial charge in [0.2, 0.25) is 5.92 Å². The van der Waals surface area contributed by atoms with Crippen molar-refractivity contribution in [1.82, 2.24) is 10.4 Å². The monoisotopic (exact) mass is 322 g/mol. The van der Waals surface area contributed by atoms with Crippen LogP contribution in [0.5, 0.6) is 0 Å². The van der Waals surface area contributed by atoms with Crippen molar-refractivity contribution in [2.24, 2.45) is 5.92 Å². The number of amides is 2. The highest BCUT2D eigenvalue weighted by atomic mass is 19.3. The molecule has 8 heteroatoms. The van der Waals surface area contributed by atoms with Crippen molar-refractivity contribution < 1.29 is 27.9 Å². The van der Waals surface area contributed by atoms with Crippen molar-refractivity contribution in [3.63, 3.8) is 0 Å². The zero-order valence-corrected chi connectivity index (χ0v) is 13.6. The van der Waals surface area contributed by atoms with Gasteiger partial charge in [0.25, 0.3) is 5.91 Å². The van der Waals surface area contributed by atoms with Gasteiger partial charge in [-0.2, -0.15) is 0 Å². The molecule has 0 aromatic heterocycles. The number of rotatable bonds is 5. The molecule has 1 aliphatic rings. The van der Waals surface area contributed by atoms with Crippen LogP contribution < -0.4 is 5.32 Å². The van der Waals surface area contributed by atoms with E-state index in [1.165, 1.54) is 14.2 Å². The average Bonchev–Trinajstić information content (AvgIpc) is 2.31. The van der Waals surface area contributed by atoms with Crippen molar-refractivity contribution in [3.8, 4) is 0 Å². The maximum atomic E-state index is 12.9. The molecule has 0 aliphatic heterocycles. The van der Waals surface area contributed by atoms with Crippen LogP contribution in [-0.2, 0) is 14.4 Å². The molecular weight excluding hydrogens is 298 g/mol. The molecule has 0 aromatic carbocycles. The number of carbonyl (C=O) groups is 2. The first-order chi connectivity index (χ1) is 9.93. The Morgan fingerprint density at radius 1 is 1.36 bits per heavy atom. The van der Waals surface area contributed by atoms with Gasteiger partial charge in [0, 0.05) is 19.9 Å². The molecule has 1 N–H and O–H groups in total. The summed E-state index contributed by atoms with van der Waals surface area (Å²) in [5, 5.41) is 3.39. The molecule has 1 fully saturated rings. The van der Waals surface area contributed by atoms with E-state index >= 15 is 0 Å². The first-order valence-corrected chi connectivity index (χ1v) is 7.12. The summed E-state index contributed by atoms with van der Waals surface area (Å²) in [6.45, 7) is 5.07. The Balaban J connectivity index is 2.66. The van der Waals surface area contributed by atoms with Gasteiger partial charge in [-0.15, -0.1) is 0 Å². The third kappa shape index (κ3) is 5.75. The van der Waals surface area contributed by atoms with Gasteiger partial charge in [0.15, 0.2) is 0 Å². The zero-order valence-electron chi connectivity index (χ0n) is 13.6. The van der Waals surface area contributed by atoms with Crippen molar-refractivity contribution in [2.45, 2.75) is 57.6 Å². The lowest BCUT2D eigenvalue weighted by Crippen LogP contribution is -2.51. The molecule has 22 heavy (non-hydrogen) atoms. The molecule has 1 saturated carbocycles. The molecule has 1 rings (SSSR count). The summed E-state index contributed by atoms with van der Waals surface area (Å²) in [7, 11) is 2.70. The Morgan fingerprint density at radius 3 is 2.32 bits per heavy atom. The third-order valence-electron chi connectivity index (χ3n) is 3.32. The van der Waals surface area contributed by atoms with Crippen molar-refractivity contribution >= 4 is 12.0 Å². The zero-order chi connectivity index (χ0) is 17.1. The lowest BCUT2D eigenvalue weighted by molar-refractivity contribution is -0.173. The highest BCUT2D eigenvalue weighted by Gasteiger charge is 2.46. The molecule has 0 heterocycles. The SMILES string of the molecule is CON(C)C(=O)[C@H](CC1CC(F)(F)C1)NC(=O)OC(C)(C)C. The number of nitrogens with one attached hydrogen (secondary N) is 1. The van der Waals surface area contributed by atoms with Gasteiger partial charge in [-0.25, -0.2) is 18.6 Å². The molecule has 128 valence electrons. The Labute approximate surface area is 129 Å². The number of hydroxylamine groups is 2. The first-order valence-electron chi connectivity index (χ1n) is 7.12. The highest BCUT2D eigenvalue weighted by molar-refractivity contribution is 5.84. The fourth-order valence-electron chi connectivity index (χ4n) is 2.27. The van der Waals surface area contributed by atoms with E-state index in [1.54, 1.807) is 20.8 Å². The molecule has 0 radical (unpaired) electrons. The Kier molecular flexibility index (Phi) is 5.72. The second-order valence-corrected chi connectivity index (χ2v) is 6.58. The van der Waals surface area contributed by atoms with E-state index in [4.69, 9.17) is 9.57 Å². The fourth-order valence-corrected chi connectivity index (χ4v) is 2.27. The lowest BCUT2D eigenvalue weighted by Gasteiger charge is -2.37. The fraction of sp³-hybridized carbons (Fsp3) is 0.857. The summed E-state index contributed by atoms with van der Waals surface area (Å²) in [5.74, 6) is -3.50. The van der Waals surface area contributed by atoms with Crippen LogP contribution in [0.15, 0.2) is 0 Å². The van der Waals surface area contributed by atoms with Gasteiger partial charge in [-0.3, -0.25) is 9.63 Å². The second-order valence-electron chi connectivity index (χ2n) is 6.58. The van der Waals surface area contributed by atoms with E-state index < -0.39 is 29.6 Å². The van der Waals surface area contributed by atoms with Gasteiger partial charge in [-0.1, -0.05) is 0 Å². The van der Waals surface area contributed by atoms with Gasteiger partial charge in [0.1, 0.15) is 11.6 Å². The van der Waals surface area contributed by atoms with Gasteiger partial charge in [-0.05, 0) is 33.1 Å². The average molecular weight is 322 g/mol. The van der Waals surface area contributed by atoms with Crippen molar-refractivity contribution in [3.05, 3.63) is 0 Å². The van der Waals surface area contributed by atoms with Crippen LogP contribution in [-0.4, -0.2) is 48.8 Å². The maximum absolute atomic E-state index is 12.9. The summed E-state index contributed by atoms with van der Waals surface area (Å²) >= 11 is 0. The minimum Gasteiger partial charge on any atom is -0.444 e. The van der Waals surface area contributed by atoms with Gasteiger partial charge < -0.3 is 10.1 Å². The van der Waals surface area contributed by atoms with Crippen molar-refractivity contribution in [2.75, 3.05) is 14.2 Å². The molecule has 0 aromatic rings. The Morgan fingerprint density at radius 2 is 1.91 bits per heavy atom. The van der Waals surface area contributed by atoms with Crippen LogP contribution >= 0.6 is 0 Å². The number of carbonyl (C=O) groups excluding carboxylic acids is 2. The molecule has 1 aliphatic carbocycles. The molecule has 6 nitrogen and oxygen atoms in total. The summed E-state index contributed by atoms with van der Waals surface area (Å²) in [4.78, 5) is 28.8. The molecule has 0 bridgehead atoms. The van der Waals surface area contributed by atoms with Crippen LogP contribution in [0.2, 0.25) is 0 Å². The summed E-state index contributed by atoms with van der Waals surface area (Å²) in [6.07, 6.45) is -1.18. The van der Waals surface area contributed by atoms with E-state index in [0.717, 1.165) is 5.06 Å². The number of ether oxygens (including phenoxy) is 1. The number of alkyl halides is 2. The summed E-state index contributed by atoms with van der Waals surface area (Å²) in [6, 6.07) is -0.958. The van der Waals surface area contributed by atoms with E-state index in [0.29, 0.717) is 0 Å². The highest BCUT2D eigenvalue weighted by Crippen LogP contribution is 2.44. The van der Waals surface area contributed by atoms with E-state index in [2.05, 4.69) is 5.32 Å². The van der Waals surface area contributed by atoms with Crippen LogP contribution in [0.3, 0.4) is 0 Å². The normalized spacial score (nSPS) is 19.0. The van der Waals surface area contributed by atoms with E-state index in [1.807, 2.05) is 0 Å². The van der Waals surface area contributed by atoms with Crippen LogP contribution in [0.4, 0.5) is 13.6 Å². The number of hydrogen-bond acceptors (Lipinski definition) is 4. The largest absolute Gasteiger partial charge is 0.444 e. The number of alkyl carbamates (subject to hydrolysis) is 1. The molecular formula is C14H24F2N2O4. The molecule has 1 atom stereocenters. The minimum absolute atomic E-state index is 0.126. The Bertz CT molecular complexity index is 416. The number of nitrogens with zero attached hydrogens (tertiary/aromatic N) is 1. The van der Waals surface area contributed by atoms with E-state index in [-0.39, 0.29) is 25.2 Å². The summed E-state index contributed by atoms with van der Waals surface area (Å²) in [5.41, 5.74) is -0.714. The number of likely N-dealkylation sites (N-methyl/N-ethyl adjacent to an activating group) is 1. The van der Waals surface area contributed by atoms with Crippen LogP contribution in [0.25, 0.3) is 0 Å². The standard InChI is InChI=1S/C14H24F2N2O4/c1-13(2,3)22-12(20)17-10(11(19)18(4)21-5)6-9-7-14(15,16)8-9/h9-10H,6-8H2,1-5H3,(H,17,20)/t10-/m0/s1. The number of hydrogen-bond donors (Lipinski definition) is 1. The van der Waals surface area contributed by atoms with E-state index in [9.17, 15) is 18.4 Å². The third-order valence-corrected chi connectivity index (χ3v) is 3.32. The lowest BCUT2D eigenvalue weighted by atomic mass is 9.77. The van der Waals surface area contributed by atoms with Gasteiger partial charge in [0.05, 0.1) is 7.11 Å². The van der Waals surface area contributed by atoms with Crippen LogP contribution in [0.1, 0.15) is 40.0 Å². The first kappa shape index (κ1) is 18.6. The second kappa shape index (κ2) is 6.76. The molecule has 2 amide bonds. The molecule has 0 unspecified atom stereocenters.